The number of methoxy groups -OCH3 is 1. The van der Waals surface area contributed by atoms with Gasteiger partial charge in [-0.1, -0.05) is 18.2 Å². The molecule has 0 saturated carbocycles. The van der Waals surface area contributed by atoms with Gasteiger partial charge in [0.15, 0.2) is 0 Å². The smallest absolute Gasteiger partial charge is 0.308 e. The predicted molar refractivity (Wildman–Crippen MR) is 76.6 cm³/mol. The van der Waals surface area contributed by atoms with Gasteiger partial charge in [-0.05, 0) is 37.8 Å². The number of piperidine rings is 1. The molecule has 1 aromatic rings. The Balaban J connectivity index is 2.07. The highest BCUT2D eigenvalue weighted by Crippen LogP contribution is 2.22. The highest BCUT2D eigenvalue weighted by Gasteiger charge is 2.29. The maximum atomic E-state index is 12.6. The molecule has 0 N–H and O–H groups in total. The van der Waals surface area contributed by atoms with E-state index >= 15 is 0 Å². The number of amides is 1. The van der Waals surface area contributed by atoms with E-state index in [2.05, 4.69) is 0 Å². The molecule has 108 valence electrons. The molecule has 0 atom stereocenters. The average molecular weight is 275 g/mol. The van der Waals surface area contributed by atoms with Crippen molar-refractivity contribution in [3.8, 4) is 0 Å². The van der Waals surface area contributed by atoms with E-state index < -0.39 is 0 Å². The van der Waals surface area contributed by atoms with Crippen molar-refractivity contribution in [1.29, 1.82) is 0 Å². The summed E-state index contributed by atoms with van der Waals surface area (Å²) in [4.78, 5) is 25.9. The van der Waals surface area contributed by atoms with Gasteiger partial charge in [0, 0.05) is 18.7 Å². The van der Waals surface area contributed by atoms with Crippen LogP contribution in [-0.4, -0.2) is 37.0 Å². The van der Waals surface area contributed by atoms with Gasteiger partial charge in [0.05, 0.1) is 13.0 Å². The Morgan fingerprint density at radius 2 is 1.70 bits per heavy atom. The highest BCUT2D eigenvalue weighted by atomic mass is 16.5. The lowest BCUT2D eigenvalue weighted by Gasteiger charge is -2.31. The molecular weight excluding hydrogens is 254 g/mol. The maximum Gasteiger partial charge on any atom is 0.308 e. The molecule has 20 heavy (non-hydrogen) atoms. The van der Waals surface area contributed by atoms with Gasteiger partial charge in [-0.25, -0.2) is 0 Å². The largest absolute Gasteiger partial charge is 0.469 e. The van der Waals surface area contributed by atoms with E-state index in [0.29, 0.717) is 25.9 Å². The molecule has 1 heterocycles. The van der Waals surface area contributed by atoms with Crippen molar-refractivity contribution in [3.63, 3.8) is 0 Å². The summed E-state index contributed by atoms with van der Waals surface area (Å²) in [7, 11) is 1.41. The molecule has 0 spiro atoms. The SMILES string of the molecule is COC(=O)C1CCN(C(=O)c2c(C)cccc2C)CC1. The summed E-state index contributed by atoms with van der Waals surface area (Å²) in [6.07, 6.45) is 1.37. The first kappa shape index (κ1) is 14.6. The topological polar surface area (TPSA) is 46.6 Å². The van der Waals surface area contributed by atoms with Crippen LogP contribution < -0.4 is 0 Å². The zero-order chi connectivity index (χ0) is 14.7. The van der Waals surface area contributed by atoms with Crippen LogP contribution in [0.25, 0.3) is 0 Å². The third kappa shape index (κ3) is 2.84. The van der Waals surface area contributed by atoms with Crippen molar-refractivity contribution < 1.29 is 14.3 Å². The van der Waals surface area contributed by atoms with Gasteiger partial charge >= 0.3 is 5.97 Å². The second kappa shape index (κ2) is 6.07. The standard InChI is InChI=1S/C16H21NO3/c1-11-5-4-6-12(2)14(11)15(18)17-9-7-13(8-10-17)16(19)20-3/h4-6,13H,7-10H2,1-3H3. The first-order chi connectivity index (χ1) is 9.54. The van der Waals surface area contributed by atoms with E-state index in [1.165, 1.54) is 7.11 Å². The number of hydrogen-bond acceptors (Lipinski definition) is 3. The van der Waals surface area contributed by atoms with Crippen LogP contribution in [0.3, 0.4) is 0 Å². The second-order valence-electron chi connectivity index (χ2n) is 5.36. The molecule has 1 aromatic carbocycles. The monoisotopic (exact) mass is 275 g/mol. The minimum absolute atomic E-state index is 0.0676. The Morgan fingerprint density at radius 3 is 2.20 bits per heavy atom. The van der Waals surface area contributed by atoms with Crippen molar-refractivity contribution in [2.24, 2.45) is 5.92 Å². The van der Waals surface area contributed by atoms with E-state index in [-0.39, 0.29) is 17.8 Å². The number of nitrogens with zero attached hydrogens (tertiary/aromatic N) is 1. The Labute approximate surface area is 119 Å². The molecule has 0 bridgehead atoms. The molecular formula is C16H21NO3. The first-order valence-electron chi connectivity index (χ1n) is 6.98. The Kier molecular flexibility index (Phi) is 4.42. The van der Waals surface area contributed by atoms with Gasteiger partial charge in [0.25, 0.3) is 5.91 Å². The van der Waals surface area contributed by atoms with Gasteiger partial charge in [-0.15, -0.1) is 0 Å². The normalized spacial score (nSPS) is 16.1. The number of benzene rings is 1. The van der Waals surface area contributed by atoms with Gasteiger partial charge in [0.1, 0.15) is 0 Å². The fourth-order valence-electron chi connectivity index (χ4n) is 2.79. The third-order valence-electron chi connectivity index (χ3n) is 4.01. The van der Waals surface area contributed by atoms with Crippen LogP contribution in [0.2, 0.25) is 0 Å². The number of carbonyl (C=O) groups excluding carboxylic acids is 2. The number of ether oxygens (including phenoxy) is 1. The summed E-state index contributed by atoms with van der Waals surface area (Å²) in [5.74, 6) is -0.157. The number of carbonyl (C=O) groups is 2. The number of hydrogen-bond donors (Lipinski definition) is 0. The number of likely N-dealkylation sites (tertiary alicyclic amines) is 1. The summed E-state index contributed by atoms with van der Waals surface area (Å²) >= 11 is 0. The lowest BCUT2D eigenvalue weighted by molar-refractivity contribution is -0.146. The van der Waals surface area contributed by atoms with Gasteiger partial charge in [0.2, 0.25) is 0 Å². The molecule has 4 heteroatoms. The lowest BCUT2D eigenvalue weighted by Crippen LogP contribution is -2.41. The van der Waals surface area contributed by atoms with Gasteiger partial charge in [-0.3, -0.25) is 9.59 Å². The van der Waals surface area contributed by atoms with Gasteiger partial charge in [-0.2, -0.15) is 0 Å². The van der Waals surface area contributed by atoms with Crippen molar-refractivity contribution in [2.45, 2.75) is 26.7 Å². The summed E-state index contributed by atoms with van der Waals surface area (Å²) in [5, 5.41) is 0. The fraction of sp³-hybridized carbons (Fsp3) is 0.500. The number of esters is 1. The molecule has 1 aliphatic heterocycles. The molecule has 0 aromatic heterocycles. The Bertz CT molecular complexity index is 496. The molecule has 1 saturated heterocycles. The minimum atomic E-state index is -0.163. The quantitative estimate of drug-likeness (QED) is 0.778. The Morgan fingerprint density at radius 1 is 1.15 bits per heavy atom. The van der Waals surface area contributed by atoms with E-state index in [1.54, 1.807) is 0 Å². The molecule has 0 aliphatic carbocycles. The van der Waals surface area contributed by atoms with Crippen molar-refractivity contribution in [1.82, 2.24) is 4.90 Å². The first-order valence-corrected chi connectivity index (χ1v) is 6.98. The summed E-state index contributed by atoms with van der Waals surface area (Å²) < 4.78 is 4.77. The van der Waals surface area contributed by atoms with E-state index in [1.807, 2.05) is 36.9 Å². The van der Waals surface area contributed by atoms with Crippen LogP contribution in [0.5, 0.6) is 0 Å². The molecule has 2 rings (SSSR count). The van der Waals surface area contributed by atoms with E-state index in [9.17, 15) is 9.59 Å². The molecule has 0 unspecified atom stereocenters. The van der Waals surface area contributed by atoms with Crippen LogP contribution in [0.15, 0.2) is 18.2 Å². The van der Waals surface area contributed by atoms with E-state index in [4.69, 9.17) is 4.74 Å². The summed E-state index contributed by atoms with van der Waals surface area (Å²) in [6, 6.07) is 5.88. The number of rotatable bonds is 2. The second-order valence-corrected chi connectivity index (χ2v) is 5.36. The van der Waals surface area contributed by atoms with Gasteiger partial charge < -0.3 is 9.64 Å². The minimum Gasteiger partial charge on any atom is -0.469 e. The van der Waals surface area contributed by atoms with Crippen LogP contribution in [0.4, 0.5) is 0 Å². The van der Waals surface area contributed by atoms with Crippen LogP contribution in [0.1, 0.15) is 34.3 Å². The van der Waals surface area contributed by atoms with Crippen molar-refractivity contribution >= 4 is 11.9 Å². The zero-order valence-corrected chi connectivity index (χ0v) is 12.3. The average Bonchev–Trinajstić information content (AvgIpc) is 2.46. The Hall–Kier alpha value is -1.84. The lowest BCUT2D eigenvalue weighted by atomic mass is 9.95. The van der Waals surface area contributed by atoms with Crippen LogP contribution in [0, 0.1) is 19.8 Å². The van der Waals surface area contributed by atoms with Crippen molar-refractivity contribution in [3.05, 3.63) is 34.9 Å². The summed E-state index contributed by atoms with van der Waals surface area (Å²) in [6.45, 7) is 5.15. The van der Waals surface area contributed by atoms with Crippen LogP contribution in [-0.2, 0) is 9.53 Å². The fourth-order valence-corrected chi connectivity index (χ4v) is 2.79. The molecule has 1 aliphatic rings. The molecule has 0 radical (unpaired) electrons. The molecule has 4 nitrogen and oxygen atoms in total. The maximum absolute atomic E-state index is 12.6. The van der Waals surface area contributed by atoms with E-state index in [0.717, 1.165) is 16.7 Å². The molecule has 1 fully saturated rings. The zero-order valence-electron chi connectivity index (χ0n) is 12.3. The predicted octanol–water partition coefficient (Wildman–Crippen LogP) is 2.33. The highest BCUT2D eigenvalue weighted by molar-refractivity contribution is 5.97. The third-order valence-corrected chi connectivity index (χ3v) is 4.01. The van der Waals surface area contributed by atoms with Crippen LogP contribution >= 0.6 is 0 Å². The summed E-state index contributed by atoms with van der Waals surface area (Å²) in [5.41, 5.74) is 2.80. The molecule has 1 amide bonds. The van der Waals surface area contributed by atoms with Crippen molar-refractivity contribution in [2.75, 3.05) is 20.2 Å². The number of aryl methyl sites for hydroxylation is 2.